The van der Waals surface area contributed by atoms with Crippen LogP contribution in [0.15, 0.2) is 131 Å². The number of ketones is 1. The number of hydrogen-bond acceptors (Lipinski definition) is 6. The largest absolute Gasteiger partial charge is 0.453 e. The molecule has 3 fully saturated rings. The van der Waals surface area contributed by atoms with Crippen molar-refractivity contribution < 1.29 is 42.1 Å². The van der Waals surface area contributed by atoms with Gasteiger partial charge in [-0.15, -0.1) is 0 Å². The van der Waals surface area contributed by atoms with E-state index in [1.54, 1.807) is 11.0 Å². The lowest BCUT2D eigenvalue weighted by Gasteiger charge is -2.71. The predicted molar refractivity (Wildman–Crippen MR) is 234 cm³/mol. The number of allylic oxidation sites excluding steroid dienone is 4. The zero-order chi connectivity index (χ0) is 44.2. The van der Waals surface area contributed by atoms with Gasteiger partial charge < -0.3 is 24.3 Å². The van der Waals surface area contributed by atoms with Gasteiger partial charge in [-0.25, -0.2) is 4.79 Å². The number of alkyl halides is 3. The minimum Gasteiger partial charge on any atom is -0.453 e. The first-order chi connectivity index (χ1) is 30.0. The maximum absolute atomic E-state index is 15.2. The lowest BCUT2D eigenvalue weighted by atomic mass is 9.32. The van der Waals surface area contributed by atoms with Crippen LogP contribution in [0.5, 0.6) is 5.75 Å². The van der Waals surface area contributed by atoms with Crippen molar-refractivity contribution in [3.05, 3.63) is 149 Å². The number of furan rings is 1. The van der Waals surface area contributed by atoms with Gasteiger partial charge in [-0.05, 0) is 121 Å². The van der Waals surface area contributed by atoms with Gasteiger partial charge in [-0.1, -0.05) is 104 Å². The zero-order valence-electron chi connectivity index (χ0n) is 35.1. The van der Waals surface area contributed by atoms with Gasteiger partial charge >= 0.3 is 12.3 Å². The number of nitrogens with zero attached hydrogens (tertiary/aromatic N) is 1. The van der Waals surface area contributed by atoms with Gasteiger partial charge in [-0.3, -0.25) is 4.79 Å². The van der Waals surface area contributed by atoms with Crippen molar-refractivity contribution in [1.29, 1.82) is 0 Å². The molecule has 3 saturated carbocycles. The molecule has 6 aliphatic rings. The molecular formula is C52H49ClF3NO6. The van der Waals surface area contributed by atoms with E-state index in [1.165, 1.54) is 18.2 Å². The molecular weight excluding hydrogens is 827 g/mol. The van der Waals surface area contributed by atoms with Crippen LogP contribution in [-0.2, 0) is 12.7 Å². The van der Waals surface area contributed by atoms with E-state index in [-0.39, 0.29) is 58.2 Å². The van der Waals surface area contributed by atoms with Gasteiger partial charge in [0, 0.05) is 33.9 Å². The number of Topliss-reactive ketones (excluding diaryl/α,β-unsaturated/α-hetero) is 1. The number of ether oxygens (including phenoxy) is 1. The standard InChI is InChI=1S/C52H49ClF3NO6/c1-47-21-18-36(58)28-49(47)24-25-51(39(29-49)45(59)42-17-16-41(63-42)38-27-35(52(54,55)56)13-15-40(38)53)43(47)19-22-48(2)44(51)20-23-50(48,61)31-57(30-32-8-4-3-5-9-32)46(60)62-37-14-12-33-10-6-7-11-34(33)26-37/h3-17,24-27,29,36,43-44,58,61H,18-23,28,30-31H2,1-2H3. The summed E-state index contributed by atoms with van der Waals surface area (Å²) in [4.78, 5) is 31.2. The Kier molecular flexibility index (Phi) is 9.75. The smallest absolute Gasteiger partial charge is 0.416 e. The number of benzene rings is 4. The Balaban J connectivity index is 1.02. The molecule has 8 atom stereocenters. The van der Waals surface area contributed by atoms with Crippen molar-refractivity contribution in [3.63, 3.8) is 0 Å². The predicted octanol–water partition coefficient (Wildman–Crippen LogP) is 12.2. The third-order valence-electron chi connectivity index (χ3n) is 16.2. The van der Waals surface area contributed by atoms with Crippen LogP contribution in [0.2, 0.25) is 5.02 Å². The first-order valence-corrected chi connectivity index (χ1v) is 22.2. The maximum atomic E-state index is 15.2. The lowest BCUT2D eigenvalue weighted by Crippen LogP contribution is -2.67. The minimum atomic E-state index is -4.61. The highest BCUT2D eigenvalue weighted by Crippen LogP contribution is 2.78. The van der Waals surface area contributed by atoms with Gasteiger partial charge in [0.05, 0.1) is 28.8 Å². The van der Waals surface area contributed by atoms with Crippen LogP contribution in [0.4, 0.5) is 18.0 Å². The van der Waals surface area contributed by atoms with Crippen LogP contribution in [0.25, 0.3) is 22.1 Å². The first-order valence-electron chi connectivity index (χ1n) is 21.8. The summed E-state index contributed by atoms with van der Waals surface area (Å²) in [6, 6.07) is 28.9. The molecule has 8 unspecified atom stereocenters. The number of carbonyl (C=O) groups excluding carboxylic acids is 2. The molecule has 63 heavy (non-hydrogen) atoms. The van der Waals surface area contributed by atoms with Crippen LogP contribution in [0.1, 0.15) is 80.5 Å². The molecule has 4 aromatic carbocycles. The van der Waals surface area contributed by atoms with Crippen molar-refractivity contribution >= 4 is 34.2 Å². The third-order valence-corrected chi connectivity index (χ3v) is 16.5. The molecule has 6 aliphatic carbocycles. The van der Waals surface area contributed by atoms with Crippen molar-refractivity contribution in [2.75, 3.05) is 6.54 Å². The highest BCUT2D eigenvalue weighted by atomic mass is 35.5. The average molecular weight is 876 g/mol. The Morgan fingerprint density at radius 1 is 0.841 bits per heavy atom. The quantitative estimate of drug-likeness (QED) is 0.119. The Morgan fingerprint density at radius 2 is 1.56 bits per heavy atom. The highest BCUT2D eigenvalue weighted by Gasteiger charge is 2.74. The number of hydrogen-bond donors (Lipinski definition) is 2. The molecule has 0 radical (unpaired) electrons. The fourth-order valence-corrected chi connectivity index (χ4v) is 13.1. The molecule has 0 aliphatic heterocycles. The van der Waals surface area contributed by atoms with Gasteiger partial charge in [-0.2, -0.15) is 13.2 Å². The number of rotatable bonds is 8. The van der Waals surface area contributed by atoms with Crippen LogP contribution >= 0.6 is 11.6 Å². The maximum Gasteiger partial charge on any atom is 0.416 e. The molecule has 11 rings (SSSR count). The molecule has 1 amide bonds. The van der Waals surface area contributed by atoms with Gasteiger partial charge in [0.2, 0.25) is 5.78 Å². The second-order valence-electron chi connectivity index (χ2n) is 19.2. The Labute approximate surface area is 369 Å². The van der Waals surface area contributed by atoms with E-state index in [1.807, 2.05) is 66.7 Å². The lowest BCUT2D eigenvalue weighted by molar-refractivity contribution is -0.175. The molecule has 0 saturated heterocycles. The summed E-state index contributed by atoms with van der Waals surface area (Å²) in [5.41, 5.74) is -3.42. The summed E-state index contributed by atoms with van der Waals surface area (Å²) in [6.07, 6.45) is 4.77. The van der Waals surface area contributed by atoms with Crippen LogP contribution in [0, 0.1) is 33.5 Å². The Morgan fingerprint density at radius 3 is 2.33 bits per heavy atom. The van der Waals surface area contributed by atoms with Gasteiger partial charge in [0.1, 0.15) is 11.5 Å². The number of aliphatic hydroxyl groups excluding tert-OH is 1. The minimum absolute atomic E-state index is 0.00848. The summed E-state index contributed by atoms with van der Waals surface area (Å²) >= 11 is 6.42. The van der Waals surface area contributed by atoms with E-state index in [4.69, 9.17) is 20.8 Å². The Hall–Kier alpha value is -5.16. The van der Waals surface area contributed by atoms with Crippen LogP contribution < -0.4 is 4.74 Å². The van der Waals surface area contributed by atoms with Crippen molar-refractivity contribution in [1.82, 2.24) is 4.90 Å². The van der Waals surface area contributed by atoms with E-state index < -0.39 is 45.8 Å². The topological polar surface area (TPSA) is 100 Å². The SMILES string of the molecule is CC12CCC(O)CC13C=CC1(C(C(=O)c4ccc(-c5cc(C(F)(F)F)ccc5Cl)o4)=C3)C2CCC2(C)C1CCC2(O)CN(Cc1ccccc1)C(=O)Oc1ccc2ccccc2c1. The molecule has 2 spiro atoms. The molecule has 11 heteroatoms. The molecule has 1 aromatic heterocycles. The van der Waals surface area contributed by atoms with Crippen molar-refractivity contribution in [2.24, 2.45) is 33.5 Å². The summed E-state index contributed by atoms with van der Waals surface area (Å²) in [7, 11) is 0. The van der Waals surface area contributed by atoms with Crippen molar-refractivity contribution in [3.8, 4) is 17.1 Å². The molecule has 2 bridgehead atoms. The molecule has 326 valence electrons. The third kappa shape index (κ3) is 6.45. The number of carbonyl (C=O) groups is 2. The average Bonchev–Trinajstić information content (AvgIpc) is 3.85. The summed E-state index contributed by atoms with van der Waals surface area (Å²) in [5, 5.41) is 26.4. The molecule has 2 N–H and O–H groups in total. The number of fused-ring (bicyclic) bond motifs is 2. The van der Waals surface area contributed by atoms with E-state index in [9.17, 15) is 28.2 Å². The highest BCUT2D eigenvalue weighted by molar-refractivity contribution is 6.33. The van der Waals surface area contributed by atoms with Gasteiger partial charge in [0.15, 0.2) is 5.76 Å². The van der Waals surface area contributed by atoms with E-state index in [0.717, 1.165) is 34.9 Å². The number of amides is 1. The summed E-state index contributed by atoms with van der Waals surface area (Å²) in [6.45, 7) is 4.58. The summed E-state index contributed by atoms with van der Waals surface area (Å²) in [5.74, 6) is -0.257. The van der Waals surface area contributed by atoms with Crippen LogP contribution in [0.3, 0.4) is 0 Å². The fourth-order valence-electron chi connectivity index (χ4n) is 12.9. The first kappa shape index (κ1) is 41.8. The second-order valence-corrected chi connectivity index (χ2v) is 19.6. The monoisotopic (exact) mass is 875 g/mol. The molecule has 1 heterocycles. The second kappa shape index (κ2) is 14.7. The molecule has 7 nitrogen and oxygen atoms in total. The normalized spacial score (nSPS) is 31.8. The van der Waals surface area contributed by atoms with E-state index in [0.29, 0.717) is 49.8 Å². The Bertz CT molecular complexity index is 2710. The fraction of sp³-hybridized carbons (Fsp3) is 0.385. The van der Waals surface area contributed by atoms with Crippen molar-refractivity contribution in [2.45, 2.75) is 83.2 Å². The number of aliphatic hydroxyl groups is 2. The summed E-state index contributed by atoms with van der Waals surface area (Å²) < 4.78 is 53.5. The van der Waals surface area contributed by atoms with E-state index >= 15 is 4.79 Å². The van der Waals surface area contributed by atoms with Crippen LogP contribution in [-0.4, -0.2) is 45.2 Å². The molecule has 5 aromatic rings. The number of halogens is 4. The van der Waals surface area contributed by atoms with Gasteiger partial charge in [0.25, 0.3) is 0 Å². The van der Waals surface area contributed by atoms with E-state index in [2.05, 4.69) is 32.1 Å². The zero-order valence-corrected chi connectivity index (χ0v) is 35.9.